The molecule has 1 aromatic rings. The standard InChI is InChI=1S/C15H20ClNO3/c1-3-5-7-10(4-2)14(18)17-12-9-6-8-11(16)13(12)15(19)20/h6,8-10H,3-5,7H2,1-2H3,(H,17,18)(H,19,20). The lowest BCUT2D eigenvalue weighted by Crippen LogP contribution is -2.23. The highest BCUT2D eigenvalue weighted by molar-refractivity contribution is 6.34. The smallest absolute Gasteiger partial charge is 0.339 e. The maximum Gasteiger partial charge on any atom is 0.339 e. The lowest BCUT2D eigenvalue weighted by molar-refractivity contribution is -0.120. The van der Waals surface area contributed by atoms with Gasteiger partial charge >= 0.3 is 5.97 Å². The van der Waals surface area contributed by atoms with E-state index >= 15 is 0 Å². The fraction of sp³-hybridized carbons (Fsp3) is 0.467. The number of amides is 1. The number of rotatable bonds is 7. The zero-order chi connectivity index (χ0) is 15.1. The third kappa shape index (κ3) is 4.23. The van der Waals surface area contributed by atoms with Gasteiger partial charge in [-0.2, -0.15) is 0 Å². The van der Waals surface area contributed by atoms with Crippen molar-refractivity contribution in [2.75, 3.05) is 5.32 Å². The van der Waals surface area contributed by atoms with Crippen molar-refractivity contribution in [2.24, 2.45) is 5.92 Å². The molecule has 0 saturated heterocycles. The summed E-state index contributed by atoms with van der Waals surface area (Å²) in [6.45, 7) is 4.03. The van der Waals surface area contributed by atoms with Crippen LogP contribution in [0.2, 0.25) is 5.02 Å². The molecule has 0 aliphatic heterocycles. The Labute approximate surface area is 124 Å². The normalized spacial score (nSPS) is 11.9. The number of aromatic carboxylic acids is 1. The van der Waals surface area contributed by atoms with Gasteiger partial charge in [0.1, 0.15) is 5.56 Å². The number of carbonyl (C=O) groups is 2. The van der Waals surface area contributed by atoms with E-state index in [0.717, 1.165) is 25.7 Å². The molecule has 110 valence electrons. The van der Waals surface area contributed by atoms with E-state index in [1.807, 2.05) is 6.92 Å². The second kappa shape index (κ2) is 7.90. The Kier molecular flexibility index (Phi) is 6.52. The average molecular weight is 298 g/mol. The molecule has 0 aliphatic rings. The number of carboxylic acids is 1. The Morgan fingerprint density at radius 2 is 2.05 bits per heavy atom. The largest absolute Gasteiger partial charge is 0.478 e. The van der Waals surface area contributed by atoms with Gasteiger partial charge in [0, 0.05) is 5.92 Å². The van der Waals surface area contributed by atoms with E-state index in [1.54, 1.807) is 12.1 Å². The predicted molar refractivity (Wildman–Crippen MR) is 80.3 cm³/mol. The molecule has 2 N–H and O–H groups in total. The van der Waals surface area contributed by atoms with Crippen molar-refractivity contribution in [2.45, 2.75) is 39.5 Å². The van der Waals surface area contributed by atoms with Gasteiger partial charge in [-0.3, -0.25) is 4.79 Å². The number of carboxylic acid groups (broad SMARTS) is 1. The second-order valence-corrected chi connectivity index (χ2v) is 5.11. The van der Waals surface area contributed by atoms with Crippen LogP contribution in [-0.2, 0) is 4.79 Å². The third-order valence-corrected chi connectivity index (χ3v) is 3.57. The van der Waals surface area contributed by atoms with E-state index in [9.17, 15) is 9.59 Å². The summed E-state index contributed by atoms with van der Waals surface area (Å²) in [5.74, 6) is -1.39. The summed E-state index contributed by atoms with van der Waals surface area (Å²) < 4.78 is 0. The van der Waals surface area contributed by atoms with Gasteiger partial charge in [0.15, 0.2) is 0 Å². The summed E-state index contributed by atoms with van der Waals surface area (Å²) in [4.78, 5) is 23.4. The summed E-state index contributed by atoms with van der Waals surface area (Å²) in [5.41, 5.74) is 0.192. The van der Waals surface area contributed by atoms with Gasteiger partial charge < -0.3 is 10.4 Å². The van der Waals surface area contributed by atoms with Crippen LogP contribution in [0.25, 0.3) is 0 Å². The maximum atomic E-state index is 12.2. The molecular weight excluding hydrogens is 278 g/mol. The monoisotopic (exact) mass is 297 g/mol. The first-order valence-corrected chi connectivity index (χ1v) is 7.21. The van der Waals surface area contributed by atoms with Gasteiger partial charge in [-0.05, 0) is 25.0 Å². The zero-order valence-corrected chi connectivity index (χ0v) is 12.5. The fourth-order valence-corrected chi connectivity index (χ4v) is 2.31. The first-order valence-electron chi connectivity index (χ1n) is 6.83. The minimum absolute atomic E-state index is 0.0622. The molecule has 0 aromatic heterocycles. The number of nitrogens with one attached hydrogen (secondary N) is 1. The van der Waals surface area contributed by atoms with Crippen molar-refractivity contribution in [3.63, 3.8) is 0 Å². The highest BCUT2D eigenvalue weighted by Gasteiger charge is 2.20. The molecule has 1 amide bonds. The molecular formula is C15H20ClNO3. The SMILES string of the molecule is CCCCC(CC)C(=O)Nc1cccc(Cl)c1C(=O)O. The molecule has 4 nitrogen and oxygen atoms in total. The van der Waals surface area contributed by atoms with E-state index in [0.29, 0.717) is 0 Å². The first-order chi connectivity index (χ1) is 9.51. The topological polar surface area (TPSA) is 66.4 Å². The number of hydrogen-bond donors (Lipinski definition) is 2. The van der Waals surface area contributed by atoms with Crippen LogP contribution in [0, 0.1) is 5.92 Å². The Hall–Kier alpha value is -1.55. The molecule has 5 heteroatoms. The van der Waals surface area contributed by atoms with Crippen LogP contribution in [0.4, 0.5) is 5.69 Å². The minimum atomic E-state index is -1.15. The molecule has 0 aliphatic carbocycles. The molecule has 0 bridgehead atoms. The minimum Gasteiger partial charge on any atom is -0.478 e. The van der Waals surface area contributed by atoms with Crippen molar-refractivity contribution in [3.05, 3.63) is 28.8 Å². The number of benzene rings is 1. The van der Waals surface area contributed by atoms with E-state index in [2.05, 4.69) is 12.2 Å². The number of anilines is 1. The van der Waals surface area contributed by atoms with Crippen LogP contribution in [0.15, 0.2) is 18.2 Å². The number of carbonyl (C=O) groups excluding carboxylic acids is 1. The quantitative estimate of drug-likeness (QED) is 0.793. The lowest BCUT2D eigenvalue weighted by atomic mass is 9.98. The van der Waals surface area contributed by atoms with Crippen LogP contribution in [0.3, 0.4) is 0 Å². The lowest BCUT2D eigenvalue weighted by Gasteiger charge is -2.16. The molecule has 1 atom stereocenters. The van der Waals surface area contributed by atoms with E-state index in [-0.39, 0.29) is 28.1 Å². The third-order valence-electron chi connectivity index (χ3n) is 3.26. The highest BCUT2D eigenvalue weighted by Crippen LogP contribution is 2.25. The summed E-state index contributed by atoms with van der Waals surface area (Å²) in [6.07, 6.45) is 3.55. The van der Waals surface area contributed by atoms with Crippen molar-refractivity contribution in [1.29, 1.82) is 0 Å². The van der Waals surface area contributed by atoms with Gasteiger partial charge in [-0.25, -0.2) is 4.79 Å². The Morgan fingerprint density at radius 1 is 1.35 bits per heavy atom. The van der Waals surface area contributed by atoms with Crippen LogP contribution in [0.1, 0.15) is 49.9 Å². The van der Waals surface area contributed by atoms with Crippen molar-refractivity contribution in [3.8, 4) is 0 Å². The van der Waals surface area contributed by atoms with Gasteiger partial charge in [0.05, 0.1) is 10.7 Å². The first kappa shape index (κ1) is 16.5. The predicted octanol–water partition coefficient (Wildman–Crippen LogP) is 4.19. The summed E-state index contributed by atoms with van der Waals surface area (Å²) in [6, 6.07) is 4.67. The summed E-state index contributed by atoms with van der Waals surface area (Å²) >= 11 is 5.87. The van der Waals surface area contributed by atoms with E-state index in [4.69, 9.17) is 16.7 Å². The molecule has 0 saturated carbocycles. The Bertz CT molecular complexity index is 488. The van der Waals surface area contributed by atoms with Gasteiger partial charge in [-0.1, -0.05) is 44.4 Å². The molecule has 1 aromatic carbocycles. The number of hydrogen-bond acceptors (Lipinski definition) is 2. The van der Waals surface area contributed by atoms with Crippen molar-refractivity contribution in [1.82, 2.24) is 0 Å². The summed E-state index contributed by atoms with van der Waals surface area (Å²) in [5, 5.41) is 12.0. The van der Waals surface area contributed by atoms with E-state index < -0.39 is 5.97 Å². The fourth-order valence-electron chi connectivity index (χ4n) is 2.05. The van der Waals surface area contributed by atoms with Crippen LogP contribution in [-0.4, -0.2) is 17.0 Å². The molecule has 0 heterocycles. The molecule has 0 spiro atoms. The number of unbranched alkanes of at least 4 members (excludes halogenated alkanes) is 1. The Balaban J connectivity index is 2.89. The zero-order valence-electron chi connectivity index (χ0n) is 11.8. The van der Waals surface area contributed by atoms with Gasteiger partial charge in [0.25, 0.3) is 0 Å². The molecule has 1 unspecified atom stereocenters. The van der Waals surface area contributed by atoms with Crippen LogP contribution >= 0.6 is 11.6 Å². The van der Waals surface area contributed by atoms with Crippen LogP contribution in [0.5, 0.6) is 0 Å². The van der Waals surface area contributed by atoms with Crippen molar-refractivity contribution >= 4 is 29.2 Å². The second-order valence-electron chi connectivity index (χ2n) is 4.70. The maximum absolute atomic E-state index is 12.2. The highest BCUT2D eigenvalue weighted by atomic mass is 35.5. The summed E-state index contributed by atoms with van der Waals surface area (Å²) in [7, 11) is 0. The molecule has 20 heavy (non-hydrogen) atoms. The van der Waals surface area contributed by atoms with Crippen LogP contribution < -0.4 is 5.32 Å². The van der Waals surface area contributed by atoms with Gasteiger partial charge in [-0.15, -0.1) is 0 Å². The van der Waals surface area contributed by atoms with Crippen molar-refractivity contribution < 1.29 is 14.7 Å². The molecule has 0 fully saturated rings. The molecule has 1 rings (SSSR count). The molecule has 0 radical (unpaired) electrons. The Morgan fingerprint density at radius 3 is 2.60 bits per heavy atom. The van der Waals surface area contributed by atoms with E-state index in [1.165, 1.54) is 6.07 Å². The number of halogens is 1. The average Bonchev–Trinajstić information content (AvgIpc) is 2.39. The van der Waals surface area contributed by atoms with Gasteiger partial charge in [0.2, 0.25) is 5.91 Å².